The molecule has 0 saturated heterocycles. The van der Waals surface area contributed by atoms with E-state index in [0.717, 1.165) is 6.54 Å². The van der Waals surface area contributed by atoms with Gasteiger partial charge in [0.2, 0.25) is 17.2 Å². The largest absolute Gasteiger partial charge is 0.354 e. The first kappa shape index (κ1) is 14.5. The quantitative estimate of drug-likeness (QED) is 0.883. The minimum Gasteiger partial charge on any atom is -0.354 e. The Hall–Kier alpha value is -1.88. The minimum atomic E-state index is 0.0872. The molecule has 1 aromatic carbocycles. The van der Waals surface area contributed by atoms with Crippen molar-refractivity contribution in [1.29, 1.82) is 0 Å². The van der Waals surface area contributed by atoms with Crippen LogP contribution in [0.25, 0.3) is 0 Å². The van der Waals surface area contributed by atoms with Gasteiger partial charge in [-0.15, -0.1) is 0 Å². The summed E-state index contributed by atoms with van der Waals surface area (Å²) in [4.78, 5) is 12.4. The van der Waals surface area contributed by atoms with Crippen molar-refractivity contribution in [1.82, 2.24) is 15.0 Å². The third-order valence-electron chi connectivity index (χ3n) is 2.94. The molecule has 20 heavy (non-hydrogen) atoms. The van der Waals surface area contributed by atoms with Gasteiger partial charge in [-0.05, 0) is 43.5 Å². The summed E-state index contributed by atoms with van der Waals surface area (Å²) in [6.45, 7) is 6.85. The Kier molecular flexibility index (Phi) is 4.74. The molecule has 5 nitrogen and oxygen atoms in total. The van der Waals surface area contributed by atoms with Crippen molar-refractivity contribution in [3.05, 3.63) is 40.7 Å². The molecule has 2 aromatic rings. The standard InChI is InChI=1S/C14H18ClN5/c1-4-16-13-18-12(15)19-14(20-13)17-10(3)11-8-6-5-7-9(11)2/h5-8,10H,4H2,1-3H3,(H2,16,17,18,19,20). The van der Waals surface area contributed by atoms with Crippen LogP contribution in [0, 0.1) is 6.92 Å². The monoisotopic (exact) mass is 291 g/mol. The summed E-state index contributed by atoms with van der Waals surface area (Å²) in [6, 6.07) is 8.29. The fourth-order valence-corrected chi connectivity index (χ4v) is 2.16. The van der Waals surface area contributed by atoms with Crippen LogP contribution in [0.3, 0.4) is 0 Å². The number of hydrogen-bond donors (Lipinski definition) is 2. The molecule has 0 radical (unpaired) electrons. The number of benzene rings is 1. The smallest absolute Gasteiger partial charge is 0.229 e. The molecule has 0 bridgehead atoms. The van der Waals surface area contributed by atoms with E-state index in [-0.39, 0.29) is 11.3 Å². The summed E-state index contributed by atoms with van der Waals surface area (Å²) in [5, 5.41) is 6.45. The third kappa shape index (κ3) is 3.57. The van der Waals surface area contributed by atoms with Crippen molar-refractivity contribution >= 4 is 23.5 Å². The van der Waals surface area contributed by atoms with Gasteiger partial charge in [0.15, 0.2) is 0 Å². The predicted molar refractivity (Wildman–Crippen MR) is 82.2 cm³/mol. The topological polar surface area (TPSA) is 62.7 Å². The number of nitrogens with zero attached hydrogens (tertiary/aromatic N) is 3. The van der Waals surface area contributed by atoms with E-state index >= 15 is 0 Å². The van der Waals surface area contributed by atoms with Crippen molar-refractivity contribution < 1.29 is 0 Å². The lowest BCUT2D eigenvalue weighted by atomic mass is 10.0. The molecule has 0 aliphatic heterocycles. The number of rotatable bonds is 5. The molecule has 0 amide bonds. The van der Waals surface area contributed by atoms with Crippen LogP contribution in [0.5, 0.6) is 0 Å². The van der Waals surface area contributed by atoms with E-state index < -0.39 is 0 Å². The lowest BCUT2D eigenvalue weighted by Gasteiger charge is -2.16. The Labute approximate surface area is 123 Å². The van der Waals surface area contributed by atoms with Gasteiger partial charge in [-0.1, -0.05) is 24.3 Å². The Morgan fingerprint density at radius 1 is 1.15 bits per heavy atom. The van der Waals surface area contributed by atoms with Crippen LogP contribution in [0.1, 0.15) is 31.0 Å². The molecule has 106 valence electrons. The molecule has 1 unspecified atom stereocenters. The van der Waals surface area contributed by atoms with E-state index in [0.29, 0.717) is 11.9 Å². The van der Waals surface area contributed by atoms with Crippen LogP contribution in [-0.4, -0.2) is 21.5 Å². The van der Waals surface area contributed by atoms with E-state index in [1.54, 1.807) is 0 Å². The van der Waals surface area contributed by atoms with E-state index in [1.807, 2.05) is 19.1 Å². The molecule has 2 rings (SSSR count). The third-order valence-corrected chi connectivity index (χ3v) is 3.11. The number of nitrogens with one attached hydrogen (secondary N) is 2. The number of anilines is 2. The van der Waals surface area contributed by atoms with Crippen molar-refractivity contribution in [3.63, 3.8) is 0 Å². The predicted octanol–water partition coefficient (Wildman–Crippen LogP) is 3.44. The summed E-state index contributed by atoms with van der Waals surface area (Å²) < 4.78 is 0. The van der Waals surface area contributed by atoms with Crippen LogP contribution >= 0.6 is 11.6 Å². The average Bonchev–Trinajstić information content (AvgIpc) is 2.38. The van der Waals surface area contributed by atoms with E-state index in [1.165, 1.54) is 11.1 Å². The molecule has 6 heteroatoms. The molecule has 0 saturated carbocycles. The fraction of sp³-hybridized carbons (Fsp3) is 0.357. The first-order chi connectivity index (χ1) is 9.60. The van der Waals surface area contributed by atoms with E-state index in [4.69, 9.17) is 11.6 Å². The van der Waals surface area contributed by atoms with E-state index in [9.17, 15) is 0 Å². The van der Waals surface area contributed by atoms with Crippen LogP contribution in [0.4, 0.5) is 11.9 Å². The average molecular weight is 292 g/mol. The maximum atomic E-state index is 5.90. The molecule has 0 aliphatic carbocycles. The van der Waals surface area contributed by atoms with Gasteiger partial charge in [0.1, 0.15) is 0 Å². The summed E-state index contributed by atoms with van der Waals surface area (Å²) in [5.74, 6) is 0.948. The molecular weight excluding hydrogens is 274 g/mol. The highest BCUT2D eigenvalue weighted by Gasteiger charge is 2.11. The molecule has 0 spiro atoms. The highest BCUT2D eigenvalue weighted by molar-refractivity contribution is 6.28. The molecule has 1 atom stereocenters. The van der Waals surface area contributed by atoms with Crippen molar-refractivity contribution in [2.45, 2.75) is 26.8 Å². The zero-order chi connectivity index (χ0) is 14.5. The van der Waals surface area contributed by atoms with Crippen molar-refractivity contribution in [2.24, 2.45) is 0 Å². The highest BCUT2D eigenvalue weighted by atomic mass is 35.5. The number of aryl methyl sites for hydroxylation is 1. The zero-order valence-electron chi connectivity index (χ0n) is 11.8. The number of hydrogen-bond acceptors (Lipinski definition) is 5. The first-order valence-corrected chi connectivity index (χ1v) is 6.95. The summed E-state index contributed by atoms with van der Waals surface area (Å²) in [5.41, 5.74) is 2.42. The van der Waals surface area contributed by atoms with Gasteiger partial charge in [-0.25, -0.2) is 0 Å². The maximum absolute atomic E-state index is 5.90. The van der Waals surface area contributed by atoms with Gasteiger partial charge >= 0.3 is 0 Å². The summed E-state index contributed by atoms with van der Waals surface area (Å²) >= 11 is 5.90. The Morgan fingerprint density at radius 2 is 1.85 bits per heavy atom. The van der Waals surface area contributed by atoms with Gasteiger partial charge in [0.05, 0.1) is 6.04 Å². The number of halogens is 1. The minimum absolute atomic E-state index is 0.0872. The number of aromatic nitrogens is 3. The van der Waals surface area contributed by atoms with E-state index in [2.05, 4.69) is 51.6 Å². The Bertz CT molecular complexity index is 588. The zero-order valence-corrected chi connectivity index (χ0v) is 12.6. The Morgan fingerprint density at radius 3 is 2.55 bits per heavy atom. The lowest BCUT2D eigenvalue weighted by molar-refractivity contribution is 0.845. The van der Waals surface area contributed by atoms with Gasteiger partial charge in [-0.3, -0.25) is 0 Å². The molecular formula is C14H18ClN5. The SMILES string of the molecule is CCNc1nc(Cl)nc(NC(C)c2ccccc2C)n1. The van der Waals surface area contributed by atoms with Gasteiger partial charge in [-0.2, -0.15) is 15.0 Å². The summed E-state index contributed by atoms with van der Waals surface area (Å²) in [6.07, 6.45) is 0. The van der Waals surface area contributed by atoms with Crippen LogP contribution in [0.2, 0.25) is 5.28 Å². The molecule has 0 fully saturated rings. The highest BCUT2D eigenvalue weighted by Crippen LogP contribution is 2.21. The van der Waals surface area contributed by atoms with Crippen molar-refractivity contribution in [2.75, 3.05) is 17.2 Å². The Balaban J connectivity index is 2.19. The molecule has 1 aromatic heterocycles. The van der Waals surface area contributed by atoms with Gasteiger partial charge in [0, 0.05) is 6.54 Å². The normalized spacial score (nSPS) is 12.0. The first-order valence-electron chi connectivity index (χ1n) is 6.57. The second-order valence-corrected chi connectivity index (χ2v) is 4.84. The molecule has 1 heterocycles. The maximum Gasteiger partial charge on any atom is 0.229 e. The van der Waals surface area contributed by atoms with Crippen LogP contribution < -0.4 is 10.6 Å². The van der Waals surface area contributed by atoms with Gasteiger partial charge in [0.25, 0.3) is 0 Å². The molecule has 0 aliphatic rings. The van der Waals surface area contributed by atoms with Crippen LogP contribution in [-0.2, 0) is 0 Å². The van der Waals surface area contributed by atoms with Crippen molar-refractivity contribution in [3.8, 4) is 0 Å². The second-order valence-electron chi connectivity index (χ2n) is 4.50. The molecule has 2 N–H and O–H groups in total. The summed E-state index contributed by atoms with van der Waals surface area (Å²) in [7, 11) is 0. The lowest BCUT2D eigenvalue weighted by Crippen LogP contribution is -2.13. The van der Waals surface area contributed by atoms with Gasteiger partial charge < -0.3 is 10.6 Å². The van der Waals surface area contributed by atoms with Crippen LogP contribution in [0.15, 0.2) is 24.3 Å². The fourth-order valence-electron chi connectivity index (χ4n) is 2.00. The second kappa shape index (κ2) is 6.52.